The van der Waals surface area contributed by atoms with Crippen LogP contribution in [0.1, 0.15) is 32.8 Å². The second-order valence-electron chi connectivity index (χ2n) is 5.17. The van der Waals surface area contributed by atoms with Gasteiger partial charge in [-0.3, -0.25) is 4.79 Å². The van der Waals surface area contributed by atoms with Crippen LogP contribution >= 0.6 is 0 Å². The van der Waals surface area contributed by atoms with Gasteiger partial charge in [-0.1, -0.05) is 25.1 Å². The average Bonchev–Trinajstić information content (AvgIpc) is 2.46. The van der Waals surface area contributed by atoms with Crippen molar-refractivity contribution in [2.24, 2.45) is 0 Å². The number of hydrogen-bond donors (Lipinski definition) is 1. The van der Waals surface area contributed by atoms with Gasteiger partial charge in [0.25, 0.3) is 0 Å². The Labute approximate surface area is 121 Å². The monoisotopic (exact) mass is 279 g/mol. The van der Waals surface area contributed by atoms with Crippen LogP contribution in [0, 0.1) is 0 Å². The van der Waals surface area contributed by atoms with Crippen molar-refractivity contribution in [3.05, 3.63) is 29.8 Å². The van der Waals surface area contributed by atoms with Crippen molar-refractivity contribution in [3.63, 3.8) is 0 Å². The number of nitrogens with one attached hydrogen (secondary N) is 1. The highest BCUT2D eigenvalue weighted by molar-refractivity contribution is 5.80. The summed E-state index contributed by atoms with van der Waals surface area (Å²) < 4.78 is 10.8. The topological polar surface area (TPSA) is 47.6 Å². The Kier molecular flexibility index (Phi) is 6.02. The normalized spacial score (nSPS) is 15.2. The van der Waals surface area contributed by atoms with E-state index in [1.165, 1.54) is 12.7 Å². The summed E-state index contributed by atoms with van der Waals surface area (Å²) in [5, 5.41) is 3.02. The lowest BCUT2D eigenvalue weighted by Crippen LogP contribution is -2.50. The smallest absolute Gasteiger partial charge is 0.325 e. The summed E-state index contributed by atoms with van der Waals surface area (Å²) in [4.78, 5) is 11.8. The number of likely N-dealkylation sites (N-methyl/N-ethyl adjacent to an activating group) is 1. The SMILES string of the molecule is CCc1ccccc1OC(C)CC(C)(NC)C(=O)OC. The minimum absolute atomic E-state index is 0.0979. The van der Waals surface area contributed by atoms with E-state index in [0.717, 1.165) is 12.2 Å². The first-order valence-corrected chi connectivity index (χ1v) is 6.98. The summed E-state index contributed by atoms with van der Waals surface area (Å²) in [6.07, 6.45) is 1.36. The molecule has 4 nitrogen and oxygen atoms in total. The highest BCUT2D eigenvalue weighted by Crippen LogP contribution is 2.23. The molecule has 2 atom stereocenters. The quantitative estimate of drug-likeness (QED) is 0.779. The molecule has 1 aromatic carbocycles. The first kappa shape index (κ1) is 16.5. The van der Waals surface area contributed by atoms with E-state index in [-0.39, 0.29) is 12.1 Å². The van der Waals surface area contributed by atoms with E-state index in [2.05, 4.69) is 18.3 Å². The zero-order valence-electron chi connectivity index (χ0n) is 13.0. The maximum absolute atomic E-state index is 11.8. The summed E-state index contributed by atoms with van der Waals surface area (Å²) in [6, 6.07) is 7.98. The molecule has 0 aliphatic carbocycles. The van der Waals surface area contributed by atoms with Gasteiger partial charge in [0, 0.05) is 6.42 Å². The number of aryl methyl sites for hydroxylation is 1. The van der Waals surface area contributed by atoms with E-state index in [9.17, 15) is 4.79 Å². The van der Waals surface area contributed by atoms with Crippen molar-refractivity contribution in [2.45, 2.75) is 45.3 Å². The molecule has 1 N–H and O–H groups in total. The first-order valence-electron chi connectivity index (χ1n) is 6.98. The predicted octanol–water partition coefficient (Wildman–Crippen LogP) is 2.56. The third kappa shape index (κ3) is 3.97. The molecule has 0 heterocycles. The molecule has 1 aromatic rings. The molecule has 0 aromatic heterocycles. The largest absolute Gasteiger partial charge is 0.490 e. The molecule has 0 radical (unpaired) electrons. The minimum atomic E-state index is -0.741. The van der Waals surface area contributed by atoms with Gasteiger partial charge in [0.15, 0.2) is 0 Å². The van der Waals surface area contributed by atoms with E-state index < -0.39 is 5.54 Å². The molecule has 0 aliphatic heterocycles. The summed E-state index contributed by atoms with van der Waals surface area (Å²) in [5.41, 5.74) is 0.429. The van der Waals surface area contributed by atoms with Crippen LogP contribution in [-0.2, 0) is 16.0 Å². The number of rotatable bonds is 7. The Morgan fingerprint density at radius 1 is 1.40 bits per heavy atom. The molecule has 1 rings (SSSR count). The third-order valence-corrected chi connectivity index (χ3v) is 3.57. The number of ether oxygens (including phenoxy) is 2. The predicted molar refractivity (Wildman–Crippen MR) is 80.0 cm³/mol. The van der Waals surface area contributed by atoms with Crippen LogP contribution in [-0.4, -0.2) is 31.8 Å². The molecule has 0 saturated heterocycles. The Morgan fingerprint density at radius 3 is 2.60 bits per heavy atom. The second kappa shape index (κ2) is 7.29. The Morgan fingerprint density at radius 2 is 2.05 bits per heavy atom. The lowest BCUT2D eigenvalue weighted by molar-refractivity contribution is -0.148. The highest BCUT2D eigenvalue weighted by Gasteiger charge is 2.34. The van der Waals surface area contributed by atoms with E-state index in [0.29, 0.717) is 6.42 Å². The van der Waals surface area contributed by atoms with Crippen LogP contribution in [0.4, 0.5) is 0 Å². The van der Waals surface area contributed by atoms with Gasteiger partial charge >= 0.3 is 5.97 Å². The molecule has 20 heavy (non-hydrogen) atoms. The van der Waals surface area contributed by atoms with Gasteiger partial charge in [-0.2, -0.15) is 0 Å². The van der Waals surface area contributed by atoms with Gasteiger partial charge < -0.3 is 14.8 Å². The third-order valence-electron chi connectivity index (χ3n) is 3.57. The highest BCUT2D eigenvalue weighted by atomic mass is 16.5. The van der Waals surface area contributed by atoms with Gasteiger partial charge in [0.2, 0.25) is 0 Å². The van der Waals surface area contributed by atoms with E-state index in [4.69, 9.17) is 9.47 Å². The van der Waals surface area contributed by atoms with Crippen molar-refractivity contribution in [1.29, 1.82) is 0 Å². The van der Waals surface area contributed by atoms with Crippen LogP contribution in [0.15, 0.2) is 24.3 Å². The summed E-state index contributed by atoms with van der Waals surface area (Å²) in [6.45, 7) is 5.88. The fraction of sp³-hybridized carbons (Fsp3) is 0.562. The van der Waals surface area contributed by atoms with E-state index in [1.807, 2.05) is 32.0 Å². The molecule has 2 unspecified atom stereocenters. The maximum Gasteiger partial charge on any atom is 0.325 e. The standard InChI is InChI=1S/C16H25NO3/c1-6-13-9-7-8-10-14(13)20-12(2)11-16(3,17-4)15(18)19-5/h7-10,12,17H,6,11H2,1-5H3. The molecule has 112 valence electrons. The summed E-state index contributed by atoms with van der Waals surface area (Å²) in [5.74, 6) is 0.602. The van der Waals surface area contributed by atoms with Crippen molar-refractivity contribution in [2.75, 3.05) is 14.2 Å². The van der Waals surface area contributed by atoms with Crippen molar-refractivity contribution < 1.29 is 14.3 Å². The molecule has 0 spiro atoms. The van der Waals surface area contributed by atoms with Crippen LogP contribution in [0.2, 0.25) is 0 Å². The lowest BCUT2D eigenvalue weighted by atomic mass is 9.95. The first-order chi connectivity index (χ1) is 9.46. The number of para-hydroxylation sites is 1. The second-order valence-corrected chi connectivity index (χ2v) is 5.17. The van der Waals surface area contributed by atoms with Gasteiger partial charge in [-0.05, 0) is 38.9 Å². The fourth-order valence-corrected chi connectivity index (χ4v) is 2.26. The average molecular weight is 279 g/mol. The minimum Gasteiger partial charge on any atom is -0.490 e. The maximum atomic E-state index is 11.8. The molecule has 4 heteroatoms. The number of carbonyl (C=O) groups excluding carboxylic acids is 1. The van der Waals surface area contributed by atoms with Crippen molar-refractivity contribution in [3.8, 4) is 5.75 Å². The number of methoxy groups -OCH3 is 1. The lowest BCUT2D eigenvalue weighted by Gasteiger charge is -2.29. The molecule has 0 saturated carbocycles. The van der Waals surface area contributed by atoms with Gasteiger partial charge in [-0.15, -0.1) is 0 Å². The Bertz CT molecular complexity index is 447. The number of esters is 1. The number of carbonyl (C=O) groups is 1. The van der Waals surface area contributed by atoms with Gasteiger partial charge in [0.1, 0.15) is 11.3 Å². The van der Waals surface area contributed by atoms with Crippen molar-refractivity contribution in [1.82, 2.24) is 5.32 Å². The van der Waals surface area contributed by atoms with Crippen LogP contribution in [0.5, 0.6) is 5.75 Å². The zero-order chi connectivity index (χ0) is 15.2. The van der Waals surface area contributed by atoms with Crippen LogP contribution in [0.25, 0.3) is 0 Å². The molecule has 0 fully saturated rings. The fourth-order valence-electron chi connectivity index (χ4n) is 2.26. The van der Waals surface area contributed by atoms with Crippen molar-refractivity contribution >= 4 is 5.97 Å². The number of hydrogen-bond acceptors (Lipinski definition) is 4. The summed E-state index contributed by atoms with van der Waals surface area (Å²) >= 11 is 0. The Balaban J connectivity index is 2.76. The van der Waals surface area contributed by atoms with E-state index >= 15 is 0 Å². The molecular weight excluding hydrogens is 254 g/mol. The van der Waals surface area contributed by atoms with Crippen LogP contribution in [0.3, 0.4) is 0 Å². The molecule has 0 bridgehead atoms. The zero-order valence-corrected chi connectivity index (χ0v) is 13.0. The van der Waals surface area contributed by atoms with Gasteiger partial charge in [0.05, 0.1) is 13.2 Å². The van der Waals surface area contributed by atoms with Crippen LogP contribution < -0.4 is 10.1 Å². The molecule has 0 amide bonds. The van der Waals surface area contributed by atoms with Gasteiger partial charge in [-0.25, -0.2) is 0 Å². The molecule has 0 aliphatic rings. The summed E-state index contributed by atoms with van der Waals surface area (Å²) in [7, 11) is 3.15. The Hall–Kier alpha value is -1.55. The number of benzene rings is 1. The van der Waals surface area contributed by atoms with E-state index in [1.54, 1.807) is 7.05 Å². The molecular formula is C16H25NO3.